The van der Waals surface area contributed by atoms with Crippen LogP contribution >= 0.6 is 0 Å². The Morgan fingerprint density at radius 2 is 1.66 bits per heavy atom. The fourth-order valence-electron chi connectivity index (χ4n) is 3.54. The molecule has 1 amide bonds. The highest BCUT2D eigenvalue weighted by atomic mass is 16.6. The molecule has 180 valence electrons. The van der Waals surface area contributed by atoms with Gasteiger partial charge < -0.3 is 24.3 Å². The number of anilines is 1. The maximum atomic E-state index is 12.7. The number of ketones is 1. The Morgan fingerprint density at radius 3 is 2.43 bits per heavy atom. The van der Waals surface area contributed by atoms with Crippen molar-refractivity contribution >= 4 is 23.3 Å². The van der Waals surface area contributed by atoms with Crippen LogP contribution in [0.25, 0.3) is 0 Å². The number of methoxy groups -OCH3 is 1. The number of ether oxygens (including phenoxy) is 4. The van der Waals surface area contributed by atoms with Gasteiger partial charge in [0.05, 0.1) is 18.4 Å². The van der Waals surface area contributed by atoms with Gasteiger partial charge in [-0.2, -0.15) is 0 Å². The highest BCUT2D eigenvalue weighted by Gasteiger charge is 2.19. The van der Waals surface area contributed by atoms with Crippen molar-refractivity contribution in [2.24, 2.45) is 0 Å². The summed E-state index contributed by atoms with van der Waals surface area (Å²) in [5.74, 6) is 0.474. The second kappa shape index (κ2) is 11.2. The topological polar surface area (TPSA) is 100 Å². The van der Waals surface area contributed by atoms with E-state index in [1.54, 1.807) is 43.5 Å². The van der Waals surface area contributed by atoms with Crippen LogP contribution in [-0.4, -0.2) is 44.6 Å². The Morgan fingerprint density at radius 1 is 0.914 bits per heavy atom. The number of benzene rings is 3. The first kappa shape index (κ1) is 23.8. The summed E-state index contributed by atoms with van der Waals surface area (Å²) < 4.78 is 21.3. The lowest BCUT2D eigenvalue weighted by Crippen LogP contribution is -2.19. The number of para-hydroxylation sites is 1. The summed E-state index contributed by atoms with van der Waals surface area (Å²) in [6.45, 7) is 0.412. The zero-order valence-electron chi connectivity index (χ0n) is 19.2. The summed E-state index contributed by atoms with van der Waals surface area (Å²) in [6.07, 6.45) is 0.769. The molecule has 8 heteroatoms. The number of amides is 1. The van der Waals surface area contributed by atoms with Gasteiger partial charge in [0.25, 0.3) is 0 Å². The zero-order chi connectivity index (χ0) is 24.6. The minimum Gasteiger partial charge on any atom is -0.497 e. The van der Waals surface area contributed by atoms with Crippen LogP contribution in [0.3, 0.4) is 0 Å². The Labute approximate surface area is 202 Å². The number of carbonyl (C=O) groups excluding carboxylic acids is 3. The molecule has 0 unspecified atom stereocenters. The second-order valence-corrected chi connectivity index (χ2v) is 7.80. The van der Waals surface area contributed by atoms with Crippen molar-refractivity contribution in [1.29, 1.82) is 0 Å². The molecule has 8 nitrogen and oxygen atoms in total. The molecular weight excluding hydrogens is 450 g/mol. The molecule has 3 aromatic rings. The van der Waals surface area contributed by atoms with Crippen LogP contribution < -0.4 is 19.5 Å². The first-order chi connectivity index (χ1) is 17.0. The third-order valence-electron chi connectivity index (χ3n) is 5.42. The van der Waals surface area contributed by atoms with Gasteiger partial charge >= 0.3 is 5.97 Å². The van der Waals surface area contributed by atoms with E-state index in [0.29, 0.717) is 42.4 Å². The first-order valence-electron chi connectivity index (χ1n) is 11.2. The highest BCUT2D eigenvalue weighted by Crippen LogP contribution is 2.31. The Bertz CT molecular complexity index is 1220. The number of hydrogen-bond donors (Lipinski definition) is 1. The monoisotopic (exact) mass is 475 g/mol. The third-order valence-corrected chi connectivity index (χ3v) is 5.42. The van der Waals surface area contributed by atoms with Crippen molar-refractivity contribution in [2.75, 3.05) is 32.2 Å². The van der Waals surface area contributed by atoms with E-state index in [0.717, 1.165) is 11.3 Å². The van der Waals surface area contributed by atoms with Crippen LogP contribution in [0.4, 0.5) is 5.69 Å². The molecule has 1 aliphatic rings. The molecule has 35 heavy (non-hydrogen) atoms. The number of rotatable bonds is 9. The van der Waals surface area contributed by atoms with E-state index >= 15 is 0 Å². The van der Waals surface area contributed by atoms with Crippen LogP contribution in [0.1, 0.15) is 32.7 Å². The minimum atomic E-state index is -0.707. The lowest BCUT2D eigenvalue weighted by Gasteiger charge is -2.18. The minimum absolute atomic E-state index is 0.167. The summed E-state index contributed by atoms with van der Waals surface area (Å²) in [7, 11) is 1.60. The van der Waals surface area contributed by atoms with Crippen molar-refractivity contribution < 1.29 is 33.3 Å². The molecule has 0 fully saturated rings. The standard InChI is InChI=1S/C27H25NO7/c1-32-20-10-6-18(7-11-20)8-13-26(30)28-22-5-3-2-4-21(22)27(31)35-17-23(29)19-9-12-24-25(16-19)34-15-14-33-24/h2-7,9-12,16H,8,13-15,17H2,1H3,(H,28,30). The zero-order valence-corrected chi connectivity index (χ0v) is 19.2. The number of Topliss-reactive ketones (excluding diaryl/α,β-unsaturated/α-hetero) is 1. The molecule has 1 heterocycles. The van der Waals surface area contributed by atoms with Crippen molar-refractivity contribution in [3.63, 3.8) is 0 Å². The molecule has 0 bridgehead atoms. The van der Waals surface area contributed by atoms with Crippen LogP contribution in [0.2, 0.25) is 0 Å². The van der Waals surface area contributed by atoms with Crippen LogP contribution in [0, 0.1) is 0 Å². The van der Waals surface area contributed by atoms with Crippen LogP contribution in [0.5, 0.6) is 17.2 Å². The number of fused-ring (bicyclic) bond motifs is 1. The molecule has 0 saturated heterocycles. The van der Waals surface area contributed by atoms with Crippen molar-refractivity contribution in [2.45, 2.75) is 12.8 Å². The van der Waals surface area contributed by atoms with Crippen molar-refractivity contribution in [1.82, 2.24) is 0 Å². The number of carbonyl (C=O) groups is 3. The summed E-state index contributed by atoms with van der Waals surface area (Å²) in [5.41, 5.74) is 1.83. The molecule has 0 aromatic heterocycles. The normalized spacial score (nSPS) is 11.9. The quantitative estimate of drug-likeness (QED) is 0.368. The molecule has 0 spiro atoms. The molecule has 4 rings (SSSR count). The molecule has 0 aliphatic carbocycles. The van der Waals surface area contributed by atoms with Gasteiger partial charge in [-0.1, -0.05) is 24.3 Å². The van der Waals surface area contributed by atoms with Crippen LogP contribution in [0.15, 0.2) is 66.7 Å². The predicted molar refractivity (Wildman–Crippen MR) is 128 cm³/mol. The van der Waals surface area contributed by atoms with Gasteiger partial charge in [-0.3, -0.25) is 9.59 Å². The number of aryl methyl sites for hydroxylation is 1. The lowest BCUT2D eigenvalue weighted by molar-refractivity contribution is -0.116. The third kappa shape index (κ3) is 6.17. The Balaban J connectivity index is 1.33. The second-order valence-electron chi connectivity index (χ2n) is 7.80. The fraction of sp³-hybridized carbons (Fsp3) is 0.222. The predicted octanol–water partition coefficient (Wildman–Crippen LogP) is 4.08. The SMILES string of the molecule is COc1ccc(CCC(=O)Nc2ccccc2C(=O)OCC(=O)c2ccc3c(c2)OCCO3)cc1. The van der Waals surface area contributed by atoms with Crippen LogP contribution in [-0.2, 0) is 16.0 Å². The molecule has 0 saturated carbocycles. The maximum absolute atomic E-state index is 12.7. The largest absolute Gasteiger partial charge is 0.497 e. The Hall–Kier alpha value is -4.33. The molecular formula is C27H25NO7. The molecule has 3 aromatic carbocycles. The number of esters is 1. The van der Waals surface area contributed by atoms with Gasteiger partial charge in [-0.05, 0) is 54.4 Å². The number of nitrogens with one attached hydrogen (secondary N) is 1. The van der Waals surface area contributed by atoms with E-state index in [-0.39, 0.29) is 23.7 Å². The number of hydrogen-bond acceptors (Lipinski definition) is 7. The van der Waals surface area contributed by atoms with Gasteiger partial charge in [0.1, 0.15) is 19.0 Å². The van der Waals surface area contributed by atoms with Gasteiger partial charge in [0.2, 0.25) is 5.91 Å². The summed E-state index contributed by atoms with van der Waals surface area (Å²) in [6, 6.07) is 18.8. The average molecular weight is 475 g/mol. The summed E-state index contributed by atoms with van der Waals surface area (Å²) in [5, 5.41) is 2.76. The van der Waals surface area contributed by atoms with Gasteiger partial charge in [-0.15, -0.1) is 0 Å². The average Bonchev–Trinajstić information content (AvgIpc) is 2.90. The van der Waals surface area contributed by atoms with Gasteiger partial charge in [-0.25, -0.2) is 4.79 Å². The Kier molecular flexibility index (Phi) is 7.62. The fourth-order valence-corrected chi connectivity index (χ4v) is 3.54. The lowest BCUT2D eigenvalue weighted by atomic mass is 10.1. The molecule has 1 N–H and O–H groups in total. The smallest absolute Gasteiger partial charge is 0.340 e. The molecule has 1 aliphatic heterocycles. The van der Waals surface area contributed by atoms with E-state index < -0.39 is 12.6 Å². The maximum Gasteiger partial charge on any atom is 0.340 e. The summed E-state index contributed by atoms with van der Waals surface area (Å²) in [4.78, 5) is 37.7. The summed E-state index contributed by atoms with van der Waals surface area (Å²) >= 11 is 0. The van der Waals surface area contributed by atoms with E-state index in [1.807, 2.05) is 24.3 Å². The molecule has 0 atom stereocenters. The van der Waals surface area contributed by atoms with Gasteiger partial charge in [0, 0.05) is 12.0 Å². The van der Waals surface area contributed by atoms with E-state index in [9.17, 15) is 14.4 Å². The molecule has 0 radical (unpaired) electrons. The highest BCUT2D eigenvalue weighted by molar-refractivity contribution is 6.03. The van der Waals surface area contributed by atoms with E-state index in [2.05, 4.69) is 5.32 Å². The first-order valence-corrected chi connectivity index (χ1v) is 11.2. The van der Waals surface area contributed by atoms with Crippen molar-refractivity contribution in [3.05, 3.63) is 83.4 Å². The van der Waals surface area contributed by atoms with Crippen molar-refractivity contribution in [3.8, 4) is 17.2 Å². The van der Waals surface area contributed by atoms with E-state index in [4.69, 9.17) is 18.9 Å². The van der Waals surface area contributed by atoms with Gasteiger partial charge in [0.15, 0.2) is 23.9 Å². The van der Waals surface area contributed by atoms with E-state index in [1.165, 1.54) is 6.07 Å².